The second kappa shape index (κ2) is 7.09. The van der Waals surface area contributed by atoms with Crippen LogP contribution in [0.15, 0.2) is 24.3 Å². The fraction of sp³-hybridized carbons (Fsp3) is 0.647. The largest absolute Gasteiger partial charge is 0.491 e. The lowest BCUT2D eigenvalue weighted by Crippen LogP contribution is -2.42. The van der Waals surface area contributed by atoms with Gasteiger partial charge < -0.3 is 15.2 Å². The predicted molar refractivity (Wildman–Crippen MR) is 84.4 cm³/mol. The van der Waals surface area contributed by atoms with E-state index in [1.54, 1.807) is 6.92 Å². The fourth-order valence-corrected chi connectivity index (χ4v) is 1.89. The van der Waals surface area contributed by atoms with Crippen LogP contribution in [0.25, 0.3) is 0 Å². The number of nitrogens with one attached hydrogen (secondary N) is 1. The molecule has 114 valence electrons. The van der Waals surface area contributed by atoms with Crippen molar-refractivity contribution in [3.63, 3.8) is 0 Å². The SMILES string of the molecule is CCNCC(C)(O)COc1ccc(C(C)(C)CC)cc1. The maximum Gasteiger partial charge on any atom is 0.119 e. The molecule has 1 rings (SSSR count). The summed E-state index contributed by atoms with van der Waals surface area (Å²) in [5.74, 6) is 0.803. The Hall–Kier alpha value is -1.06. The van der Waals surface area contributed by atoms with E-state index in [9.17, 15) is 5.11 Å². The van der Waals surface area contributed by atoms with Crippen molar-refractivity contribution < 1.29 is 9.84 Å². The van der Waals surface area contributed by atoms with Gasteiger partial charge in [0.2, 0.25) is 0 Å². The van der Waals surface area contributed by atoms with Crippen LogP contribution in [-0.2, 0) is 5.41 Å². The van der Waals surface area contributed by atoms with Crippen molar-refractivity contribution in [3.8, 4) is 5.75 Å². The van der Waals surface area contributed by atoms with Gasteiger partial charge in [-0.15, -0.1) is 0 Å². The minimum atomic E-state index is -0.850. The molecule has 0 saturated heterocycles. The Kier molecular flexibility index (Phi) is 6.03. The minimum Gasteiger partial charge on any atom is -0.491 e. The quantitative estimate of drug-likeness (QED) is 0.768. The van der Waals surface area contributed by atoms with Crippen LogP contribution in [0.1, 0.15) is 46.6 Å². The first kappa shape index (κ1) is 17.0. The Morgan fingerprint density at radius 3 is 2.20 bits per heavy atom. The molecule has 0 fully saturated rings. The second-order valence-corrected chi connectivity index (χ2v) is 6.33. The summed E-state index contributed by atoms with van der Waals surface area (Å²) in [5, 5.41) is 13.3. The lowest BCUT2D eigenvalue weighted by Gasteiger charge is -2.25. The average Bonchev–Trinajstić information content (AvgIpc) is 2.43. The van der Waals surface area contributed by atoms with Crippen molar-refractivity contribution >= 4 is 0 Å². The number of rotatable bonds is 8. The van der Waals surface area contributed by atoms with Crippen LogP contribution in [0.4, 0.5) is 0 Å². The van der Waals surface area contributed by atoms with Crippen molar-refractivity contribution in [2.24, 2.45) is 0 Å². The predicted octanol–water partition coefficient (Wildman–Crippen LogP) is 3.11. The molecule has 0 saturated carbocycles. The van der Waals surface area contributed by atoms with E-state index in [-0.39, 0.29) is 12.0 Å². The smallest absolute Gasteiger partial charge is 0.119 e. The first-order valence-corrected chi connectivity index (χ1v) is 7.47. The highest BCUT2D eigenvalue weighted by Crippen LogP contribution is 2.28. The molecule has 1 atom stereocenters. The highest BCUT2D eigenvalue weighted by molar-refractivity contribution is 5.31. The molecule has 1 unspecified atom stereocenters. The Labute approximate surface area is 123 Å². The molecule has 3 nitrogen and oxygen atoms in total. The van der Waals surface area contributed by atoms with E-state index in [2.05, 4.69) is 38.2 Å². The van der Waals surface area contributed by atoms with E-state index in [0.29, 0.717) is 6.54 Å². The van der Waals surface area contributed by atoms with Crippen LogP contribution in [-0.4, -0.2) is 30.4 Å². The molecule has 0 aromatic heterocycles. The van der Waals surface area contributed by atoms with Gasteiger partial charge in [-0.1, -0.05) is 39.8 Å². The Morgan fingerprint density at radius 1 is 1.10 bits per heavy atom. The first-order valence-electron chi connectivity index (χ1n) is 7.47. The van der Waals surface area contributed by atoms with Crippen LogP contribution in [0.3, 0.4) is 0 Å². The Morgan fingerprint density at radius 2 is 1.70 bits per heavy atom. The van der Waals surface area contributed by atoms with E-state index in [1.165, 1.54) is 5.56 Å². The molecule has 0 heterocycles. The summed E-state index contributed by atoms with van der Waals surface area (Å²) >= 11 is 0. The van der Waals surface area contributed by atoms with Gasteiger partial charge in [0.05, 0.1) is 0 Å². The van der Waals surface area contributed by atoms with Crippen molar-refractivity contribution in [3.05, 3.63) is 29.8 Å². The van der Waals surface area contributed by atoms with Crippen LogP contribution >= 0.6 is 0 Å². The number of ether oxygens (including phenoxy) is 1. The van der Waals surface area contributed by atoms with Gasteiger partial charge in [-0.2, -0.15) is 0 Å². The summed E-state index contributed by atoms with van der Waals surface area (Å²) < 4.78 is 5.68. The summed E-state index contributed by atoms with van der Waals surface area (Å²) in [6, 6.07) is 8.18. The van der Waals surface area contributed by atoms with Crippen molar-refractivity contribution in [2.75, 3.05) is 19.7 Å². The monoisotopic (exact) mass is 279 g/mol. The van der Waals surface area contributed by atoms with Crippen molar-refractivity contribution in [1.82, 2.24) is 5.32 Å². The van der Waals surface area contributed by atoms with Gasteiger partial charge in [-0.3, -0.25) is 0 Å². The average molecular weight is 279 g/mol. The number of likely N-dealkylation sites (N-methyl/N-ethyl adjacent to an activating group) is 1. The minimum absolute atomic E-state index is 0.190. The van der Waals surface area contributed by atoms with Crippen LogP contribution in [0.5, 0.6) is 5.75 Å². The normalized spacial score (nSPS) is 14.9. The molecule has 0 spiro atoms. The number of hydrogen-bond acceptors (Lipinski definition) is 3. The molecule has 1 aromatic rings. The zero-order valence-corrected chi connectivity index (χ0v) is 13.5. The molecule has 20 heavy (non-hydrogen) atoms. The fourth-order valence-electron chi connectivity index (χ4n) is 1.89. The maximum atomic E-state index is 10.1. The van der Waals surface area contributed by atoms with E-state index in [4.69, 9.17) is 4.74 Å². The second-order valence-electron chi connectivity index (χ2n) is 6.33. The molecular weight excluding hydrogens is 250 g/mol. The summed E-state index contributed by atoms with van der Waals surface area (Å²) in [6.45, 7) is 12.1. The number of aliphatic hydroxyl groups is 1. The highest BCUT2D eigenvalue weighted by atomic mass is 16.5. The lowest BCUT2D eigenvalue weighted by molar-refractivity contribution is 0.0127. The van der Waals surface area contributed by atoms with Crippen molar-refractivity contribution in [1.29, 1.82) is 0 Å². The summed E-state index contributed by atoms with van der Waals surface area (Å²) in [6.07, 6.45) is 1.10. The highest BCUT2D eigenvalue weighted by Gasteiger charge is 2.21. The molecule has 0 radical (unpaired) electrons. The third-order valence-corrected chi connectivity index (χ3v) is 3.83. The first-order chi connectivity index (χ1) is 9.30. The van der Waals surface area contributed by atoms with Gasteiger partial charge in [0.25, 0.3) is 0 Å². The topological polar surface area (TPSA) is 41.5 Å². The number of benzene rings is 1. The third kappa shape index (κ3) is 5.14. The van der Waals surface area contributed by atoms with E-state index in [0.717, 1.165) is 18.7 Å². The summed E-state index contributed by atoms with van der Waals surface area (Å²) in [4.78, 5) is 0. The van der Waals surface area contributed by atoms with Gasteiger partial charge in [0.15, 0.2) is 0 Å². The van der Waals surface area contributed by atoms with Gasteiger partial charge in [-0.25, -0.2) is 0 Å². The Bertz CT molecular complexity index is 396. The number of hydrogen-bond donors (Lipinski definition) is 2. The molecule has 3 heteroatoms. The van der Waals surface area contributed by atoms with Gasteiger partial charge in [-0.05, 0) is 43.0 Å². The van der Waals surface area contributed by atoms with Gasteiger partial charge in [0.1, 0.15) is 18.0 Å². The van der Waals surface area contributed by atoms with E-state index >= 15 is 0 Å². The van der Waals surface area contributed by atoms with Gasteiger partial charge >= 0.3 is 0 Å². The summed E-state index contributed by atoms with van der Waals surface area (Å²) in [5.41, 5.74) is 0.652. The molecule has 2 N–H and O–H groups in total. The molecular formula is C17H29NO2. The van der Waals surface area contributed by atoms with Crippen molar-refractivity contribution in [2.45, 2.75) is 52.1 Å². The molecule has 0 aliphatic rings. The third-order valence-electron chi connectivity index (χ3n) is 3.83. The Balaban J connectivity index is 2.58. The molecule has 0 bridgehead atoms. The summed E-state index contributed by atoms with van der Waals surface area (Å²) in [7, 11) is 0. The van der Waals surface area contributed by atoms with Crippen LogP contribution in [0, 0.1) is 0 Å². The molecule has 0 amide bonds. The zero-order valence-electron chi connectivity index (χ0n) is 13.5. The maximum absolute atomic E-state index is 10.1. The lowest BCUT2D eigenvalue weighted by atomic mass is 9.82. The molecule has 1 aromatic carbocycles. The molecule has 0 aliphatic heterocycles. The standard InChI is InChI=1S/C17H29NO2/c1-6-16(3,4)14-8-10-15(11-9-14)20-13-17(5,19)12-18-7-2/h8-11,18-19H,6-7,12-13H2,1-5H3. The van der Waals surface area contributed by atoms with E-state index < -0.39 is 5.60 Å². The van der Waals surface area contributed by atoms with Crippen LogP contribution < -0.4 is 10.1 Å². The van der Waals surface area contributed by atoms with Gasteiger partial charge in [0, 0.05) is 6.54 Å². The molecule has 0 aliphatic carbocycles. The van der Waals surface area contributed by atoms with Crippen LogP contribution in [0.2, 0.25) is 0 Å². The van der Waals surface area contributed by atoms with E-state index in [1.807, 2.05) is 19.1 Å². The zero-order chi connectivity index (χ0) is 15.2.